The van der Waals surface area contributed by atoms with Gasteiger partial charge >= 0.3 is 0 Å². The number of rotatable bonds is 4. The van der Waals surface area contributed by atoms with Gasteiger partial charge in [0.25, 0.3) is 0 Å². The van der Waals surface area contributed by atoms with Crippen LogP contribution in [0.3, 0.4) is 0 Å². The molecule has 1 N–H and O–H groups in total. The van der Waals surface area contributed by atoms with E-state index >= 15 is 0 Å². The molecule has 2 saturated heterocycles. The van der Waals surface area contributed by atoms with Crippen molar-refractivity contribution in [3.05, 3.63) is 11.1 Å². The van der Waals surface area contributed by atoms with Crippen LogP contribution in [0.1, 0.15) is 30.6 Å². The normalized spacial score (nSPS) is 31.0. The first-order valence-corrected chi connectivity index (χ1v) is 7.77. The molecule has 3 heterocycles. The summed E-state index contributed by atoms with van der Waals surface area (Å²) < 4.78 is 5.87. The van der Waals surface area contributed by atoms with Crippen molar-refractivity contribution in [1.29, 1.82) is 0 Å². The van der Waals surface area contributed by atoms with Crippen molar-refractivity contribution in [2.24, 2.45) is 0 Å². The summed E-state index contributed by atoms with van der Waals surface area (Å²) in [6, 6.07) is 0.773. The van der Waals surface area contributed by atoms with Gasteiger partial charge in [0.2, 0.25) is 0 Å². The predicted molar refractivity (Wildman–Crippen MR) is 72.1 cm³/mol. The monoisotopic (exact) mass is 265 g/mol. The lowest BCUT2D eigenvalue weighted by molar-refractivity contribution is 0.0305. The fraction of sp³-hybridized carbons (Fsp3) is 0.769. The Bertz CT molecular complexity index is 420. The molecule has 18 heavy (non-hydrogen) atoms. The van der Waals surface area contributed by atoms with Crippen LogP contribution in [0.25, 0.3) is 0 Å². The molecule has 2 aliphatic heterocycles. The zero-order valence-corrected chi connectivity index (χ0v) is 11.3. The smallest absolute Gasteiger partial charge is 0.185 e. The molecular weight excluding hydrogens is 246 g/mol. The van der Waals surface area contributed by atoms with Crippen LogP contribution in [0.4, 0.5) is 5.13 Å². The fourth-order valence-corrected chi connectivity index (χ4v) is 3.71. The molecule has 1 aromatic heterocycles. The van der Waals surface area contributed by atoms with Crippen molar-refractivity contribution in [2.75, 3.05) is 18.0 Å². The maximum atomic E-state index is 5.87. The van der Waals surface area contributed by atoms with Crippen LogP contribution in [0.2, 0.25) is 0 Å². The second-order valence-electron chi connectivity index (χ2n) is 5.63. The number of hydrogen-bond acceptors (Lipinski definition) is 5. The standard InChI is InChI=1S/C13H19N3OS/c1-2-9(1)14-5-12-6-15-13(18-12)16-7-10-3-4-11(8-16)17-10/h6,9-11,14H,1-5,7-8H2. The highest BCUT2D eigenvalue weighted by molar-refractivity contribution is 7.15. The molecule has 0 spiro atoms. The van der Waals surface area contributed by atoms with Crippen LogP contribution in [-0.2, 0) is 11.3 Å². The Hall–Kier alpha value is -0.650. The number of fused-ring (bicyclic) bond motifs is 2. The molecule has 1 saturated carbocycles. The van der Waals surface area contributed by atoms with Gasteiger partial charge in [-0.1, -0.05) is 0 Å². The number of nitrogens with zero attached hydrogens (tertiary/aromatic N) is 2. The summed E-state index contributed by atoms with van der Waals surface area (Å²) in [6.45, 7) is 3.04. The van der Waals surface area contributed by atoms with Gasteiger partial charge in [0, 0.05) is 36.8 Å². The third-order valence-electron chi connectivity index (χ3n) is 4.00. The number of anilines is 1. The Labute approximate surface area is 111 Å². The van der Waals surface area contributed by atoms with E-state index < -0.39 is 0 Å². The van der Waals surface area contributed by atoms with E-state index in [1.807, 2.05) is 17.5 Å². The van der Waals surface area contributed by atoms with E-state index in [1.165, 1.54) is 35.7 Å². The number of ether oxygens (including phenoxy) is 1. The number of morpholine rings is 1. The summed E-state index contributed by atoms with van der Waals surface area (Å²) in [5.41, 5.74) is 0. The molecule has 5 heteroatoms. The second-order valence-corrected chi connectivity index (χ2v) is 6.72. The summed E-state index contributed by atoms with van der Waals surface area (Å²) in [4.78, 5) is 8.35. The maximum absolute atomic E-state index is 5.87. The quantitative estimate of drug-likeness (QED) is 0.900. The van der Waals surface area contributed by atoms with E-state index in [1.54, 1.807) is 0 Å². The number of hydrogen-bond donors (Lipinski definition) is 1. The van der Waals surface area contributed by atoms with Crippen LogP contribution in [0, 0.1) is 0 Å². The Balaban J connectivity index is 1.41. The van der Waals surface area contributed by atoms with Crippen molar-refractivity contribution >= 4 is 16.5 Å². The maximum Gasteiger partial charge on any atom is 0.185 e. The molecular formula is C13H19N3OS. The van der Waals surface area contributed by atoms with Gasteiger partial charge in [-0.15, -0.1) is 11.3 Å². The van der Waals surface area contributed by atoms with E-state index in [2.05, 4.69) is 15.2 Å². The van der Waals surface area contributed by atoms with Gasteiger partial charge in [0.05, 0.1) is 12.2 Å². The highest BCUT2D eigenvalue weighted by Crippen LogP contribution is 2.32. The topological polar surface area (TPSA) is 37.4 Å². The van der Waals surface area contributed by atoms with Crippen LogP contribution in [-0.4, -0.2) is 36.3 Å². The minimum atomic E-state index is 0.445. The van der Waals surface area contributed by atoms with Crippen molar-refractivity contribution in [2.45, 2.75) is 50.5 Å². The van der Waals surface area contributed by atoms with Crippen molar-refractivity contribution in [3.63, 3.8) is 0 Å². The molecule has 98 valence electrons. The molecule has 0 amide bonds. The zero-order chi connectivity index (χ0) is 11.9. The van der Waals surface area contributed by atoms with Gasteiger partial charge in [-0.2, -0.15) is 0 Å². The largest absolute Gasteiger partial charge is 0.371 e. The second kappa shape index (κ2) is 4.47. The number of aromatic nitrogens is 1. The van der Waals surface area contributed by atoms with Gasteiger partial charge < -0.3 is 15.0 Å². The summed E-state index contributed by atoms with van der Waals surface area (Å²) in [7, 11) is 0. The fourth-order valence-electron chi connectivity index (χ4n) is 2.83. The summed E-state index contributed by atoms with van der Waals surface area (Å²) in [5, 5.41) is 4.73. The van der Waals surface area contributed by atoms with E-state index in [-0.39, 0.29) is 0 Å². The highest BCUT2D eigenvalue weighted by Gasteiger charge is 2.34. The lowest BCUT2D eigenvalue weighted by Crippen LogP contribution is -2.42. The average Bonchev–Trinajstić information content (AvgIpc) is 3.00. The summed E-state index contributed by atoms with van der Waals surface area (Å²) in [6.07, 6.45) is 8.07. The molecule has 1 aromatic rings. The molecule has 0 radical (unpaired) electrons. The molecule has 4 nitrogen and oxygen atoms in total. The van der Waals surface area contributed by atoms with Crippen LogP contribution < -0.4 is 10.2 Å². The van der Waals surface area contributed by atoms with E-state index in [9.17, 15) is 0 Å². The van der Waals surface area contributed by atoms with E-state index in [0.29, 0.717) is 12.2 Å². The lowest BCUT2D eigenvalue weighted by Gasteiger charge is -2.31. The first-order valence-electron chi connectivity index (χ1n) is 6.95. The zero-order valence-electron chi connectivity index (χ0n) is 10.5. The third kappa shape index (κ3) is 2.27. The van der Waals surface area contributed by atoms with E-state index in [4.69, 9.17) is 4.74 Å². The van der Waals surface area contributed by atoms with Crippen molar-refractivity contribution in [3.8, 4) is 0 Å². The molecule has 2 unspecified atom stereocenters. The highest BCUT2D eigenvalue weighted by atomic mass is 32.1. The first-order chi connectivity index (χ1) is 8.87. The Morgan fingerprint density at radius 2 is 2.06 bits per heavy atom. The van der Waals surface area contributed by atoms with Gasteiger partial charge in [0.1, 0.15) is 0 Å². The Morgan fingerprint density at radius 3 is 2.78 bits per heavy atom. The molecule has 1 aliphatic carbocycles. The van der Waals surface area contributed by atoms with Crippen molar-refractivity contribution < 1.29 is 4.74 Å². The minimum absolute atomic E-state index is 0.445. The Kier molecular flexibility index (Phi) is 2.78. The van der Waals surface area contributed by atoms with Gasteiger partial charge in [-0.3, -0.25) is 0 Å². The van der Waals surface area contributed by atoms with Gasteiger partial charge in [-0.05, 0) is 25.7 Å². The van der Waals surface area contributed by atoms with Crippen molar-refractivity contribution in [1.82, 2.24) is 10.3 Å². The third-order valence-corrected chi connectivity index (χ3v) is 5.06. The number of thiazole rings is 1. The first kappa shape index (κ1) is 11.2. The molecule has 0 aromatic carbocycles. The number of nitrogens with one attached hydrogen (secondary N) is 1. The van der Waals surface area contributed by atoms with Crippen LogP contribution >= 0.6 is 11.3 Å². The van der Waals surface area contributed by atoms with Crippen LogP contribution in [0.5, 0.6) is 0 Å². The van der Waals surface area contributed by atoms with Gasteiger partial charge in [-0.25, -0.2) is 4.98 Å². The minimum Gasteiger partial charge on any atom is -0.371 e. The van der Waals surface area contributed by atoms with Crippen LogP contribution in [0.15, 0.2) is 6.20 Å². The predicted octanol–water partition coefficient (Wildman–Crippen LogP) is 1.76. The molecule has 2 atom stereocenters. The molecule has 2 bridgehead atoms. The Morgan fingerprint density at radius 1 is 1.28 bits per heavy atom. The SMILES string of the molecule is c1nc(N2CC3CCC(C2)O3)sc1CNC1CC1. The average molecular weight is 265 g/mol. The molecule has 3 aliphatic rings. The summed E-state index contributed by atoms with van der Waals surface area (Å²) in [5.74, 6) is 0. The molecule has 3 fully saturated rings. The van der Waals surface area contributed by atoms with E-state index in [0.717, 1.165) is 25.7 Å². The summed E-state index contributed by atoms with van der Waals surface area (Å²) >= 11 is 1.84. The molecule has 4 rings (SSSR count). The van der Waals surface area contributed by atoms with Gasteiger partial charge in [0.15, 0.2) is 5.13 Å². The lowest BCUT2D eigenvalue weighted by atomic mass is 10.2.